The molecule has 26 heavy (non-hydrogen) atoms. The zero-order valence-corrected chi connectivity index (χ0v) is 15.2. The van der Waals surface area contributed by atoms with Gasteiger partial charge in [0.15, 0.2) is 0 Å². The molecule has 140 valence electrons. The smallest absolute Gasteiger partial charge is 0.271 e. The van der Waals surface area contributed by atoms with Crippen LogP contribution in [-0.2, 0) is 14.4 Å². The van der Waals surface area contributed by atoms with Crippen molar-refractivity contribution in [3.05, 3.63) is 41.6 Å². The third kappa shape index (κ3) is 5.16. The molecule has 1 aromatic carbocycles. The molecule has 0 aromatic heterocycles. The first-order valence-electron chi connectivity index (χ1n) is 8.77. The number of benzene rings is 1. The van der Waals surface area contributed by atoms with Gasteiger partial charge < -0.3 is 21.3 Å². The predicted molar refractivity (Wildman–Crippen MR) is 99.6 cm³/mol. The van der Waals surface area contributed by atoms with Crippen molar-refractivity contribution in [1.29, 1.82) is 0 Å². The molecule has 7 nitrogen and oxygen atoms in total. The molecule has 0 radical (unpaired) electrons. The number of nitrogens with zero attached hydrogens (tertiary/aromatic N) is 1. The zero-order chi connectivity index (χ0) is 19.1. The maximum atomic E-state index is 13.1. The molecule has 0 spiro atoms. The number of hydrogen-bond donors (Lipinski definition) is 3. The van der Waals surface area contributed by atoms with Gasteiger partial charge in [0.2, 0.25) is 11.8 Å². The van der Waals surface area contributed by atoms with Crippen LogP contribution in [0.5, 0.6) is 0 Å². The number of nitrogens with one attached hydrogen (secondary N) is 2. The summed E-state index contributed by atoms with van der Waals surface area (Å²) in [5, 5.41) is 5.38. The van der Waals surface area contributed by atoms with E-state index in [1.165, 1.54) is 4.90 Å². The van der Waals surface area contributed by atoms with Crippen molar-refractivity contribution in [3.8, 4) is 0 Å². The van der Waals surface area contributed by atoms with Gasteiger partial charge in [-0.25, -0.2) is 0 Å². The Morgan fingerprint density at radius 3 is 2.65 bits per heavy atom. The van der Waals surface area contributed by atoms with E-state index in [1.54, 1.807) is 6.08 Å². The molecule has 2 rings (SSSR count). The molecule has 1 aromatic rings. The van der Waals surface area contributed by atoms with Crippen molar-refractivity contribution in [2.45, 2.75) is 26.3 Å². The third-order valence-electron chi connectivity index (χ3n) is 4.09. The average molecular weight is 358 g/mol. The van der Waals surface area contributed by atoms with Crippen molar-refractivity contribution in [2.24, 2.45) is 11.7 Å². The maximum Gasteiger partial charge on any atom is 0.271 e. The molecule has 4 N–H and O–H groups in total. The summed E-state index contributed by atoms with van der Waals surface area (Å²) in [6.45, 7) is 4.56. The van der Waals surface area contributed by atoms with Crippen LogP contribution in [0.25, 0.3) is 6.08 Å². The highest BCUT2D eigenvalue weighted by Crippen LogP contribution is 2.17. The van der Waals surface area contributed by atoms with Crippen molar-refractivity contribution >= 4 is 23.8 Å². The first-order valence-corrected chi connectivity index (χ1v) is 8.77. The van der Waals surface area contributed by atoms with Gasteiger partial charge >= 0.3 is 0 Å². The number of piperazine rings is 1. The lowest BCUT2D eigenvalue weighted by Crippen LogP contribution is -2.58. The number of hydrogen-bond acceptors (Lipinski definition) is 4. The molecular formula is C19H26N4O3. The molecule has 1 aliphatic rings. The highest BCUT2D eigenvalue weighted by molar-refractivity contribution is 6.03. The first-order chi connectivity index (χ1) is 12.4. The van der Waals surface area contributed by atoms with Crippen LogP contribution < -0.4 is 16.4 Å². The normalized spacial score (nSPS) is 17.8. The summed E-state index contributed by atoms with van der Waals surface area (Å²) in [7, 11) is 0. The molecule has 0 saturated carbocycles. The van der Waals surface area contributed by atoms with E-state index in [0.717, 1.165) is 5.56 Å². The number of amides is 3. The highest BCUT2D eigenvalue weighted by Gasteiger charge is 2.35. The molecule has 0 bridgehead atoms. The topological polar surface area (TPSA) is 105 Å². The minimum atomic E-state index is -0.551. The van der Waals surface area contributed by atoms with E-state index < -0.39 is 11.9 Å². The molecule has 0 aliphatic carbocycles. The van der Waals surface area contributed by atoms with E-state index in [9.17, 15) is 14.4 Å². The Morgan fingerprint density at radius 2 is 2.04 bits per heavy atom. The monoisotopic (exact) mass is 358 g/mol. The largest absolute Gasteiger partial charge is 0.353 e. The number of nitrogens with two attached hydrogens (primary N) is 1. The SMILES string of the molecule is CC(C)CC1C(=O)NCCN1C(=O)C(=Cc1ccccc1)NC(=O)CN. The Labute approximate surface area is 153 Å². The van der Waals surface area contributed by atoms with Crippen LogP contribution in [-0.4, -0.2) is 48.3 Å². The Balaban J connectivity index is 2.33. The van der Waals surface area contributed by atoms with Crippen LogP contribution in [0, 0.1) is 5.92 Å². The molecule has 1 unspecified atom stereocenters. The van der Waals surface area contributed by atoms with E-state index in [-0.39, 0.29) is 30.0 Å². The van der Waals surface area contributed by atoms with E-state index in [1.807, 2.05) is 44.2 Å². The molecule has 3 amide bonds. The van der Waals surface area contributed by atoms with Crippen LogP contribution >= 0.6 is 0 Å². The molecule has 1 aliphatic heterocycles. The second-order valence-electron chi connectivity index (χ2n) is 6.66. The Bertz CT molecular complexity index is 685. The maximum absolute atomic E-state index is 13.1. The lowest BCUT2D eigenvalue weighted by atomic mass is 9.99. The number of rotatable bonds is 6. The molecular weight excluding hydrogens is 332 g/mol. The lowest BCUT2D eigenvalue weighted by Gasteiger charge is -2.36. The van der Waals surface area contributed by atoms with Crippen molar-refractivity contribution < 1.29 is 14.4 Å². The Hall–Kier alpha value is -2.67. The van der Waals surface area contributed by atoms with Gasteiger partial charge in [-0.05, 0) is 24.0 Å². The molecule has 1 fully saturated rings. The lowest BCUT2D eigenvalue weighted by molar-refractivity contribution is -0.141. The van der Waals surface area contributed by atoms with E-state index in [4.69, 9.17) is 5.73 Å². The Kier molecular flexibility index (Phi) is 6.91. The minimum Gasteiger partial charge on any atom is -0.353 e. The fourth-order valence-corrected chi connectivity index (χ4v) is 2.86. The van der Waals surface area contributed by atoms with Crippen molar-refractivity contribution in [3.63, 3.8) is 0 Å². The zero-order valence-electron chi connectivity index (χ0n) is 15.2. The highest BCUT2D eigenvalue weighted by atomic mass is 16.2. The van der Waals surface area contributed by atoms with Gasteiger partial charge in [-0.2, -0.15) is 0 Å². The summed E-state index contributed by atoms with van der Waals surface area (Å²) < 4.78 is 0. The molecule has 7 heteroatoms. The van der Waals surface area contributed by atoms with Gasteiger partial charge in [0.25, 0.3) is 5.91 Å². The van der Waals surface area contributed by atoms with Crippen LogP contribution in [0.3, 0.4) is 0 Å². The summed E-state index contributed by atoms with van der Waals surface area (Å²) in [4.78, 5) is 38.7. The second kappa shape index (κ2) is 9.15. The minimum absolute atomic E-state index is 0.120. The molecule has 1 atom stereocenters. The summed E-state index contributed by atoms with van der Waals surface area (Å²) in [5.74, 6) is -0.750. The average Bonchev–Trinajstić information content (AvgIpc) is 2.62. The Morgan fingerprint density at radius 1 is 1.35 bits per heavy atom. The number of carbonyl (C=O) groups excluding carboxylic acids is 3. The van der Waals surface area contributed by atoms with Gasteiger partial charge in [0.05, 0.1) is 6.54 Å². The fourth-order valence-electron chi connectivity index (χ4n) is 2.86. The quantitative estimate of drug-likeness (QED) is 0.643. The van der Waals surface area contributed by atoms with Crippen LogP contribution in [0.1, 0.15) is 25.8 Å². The van der Waals surface area contributed by atoms with Crippen molar-refractivity contribution in [1.82, 2.24) is 15.5 Å². The standard InChI is InChI=1S/C19H26N4O3/c1-13(2)10-16-18(25)21-8-9-23(16)19(26)15(22-17(24)12-20)11-14-6-4-3-5-7-14/h3-7,11,13,16H,8-10,12,20H2,1-2H3,(H,21,25)(H,22,24). The first kappa shape index (κ1) is 19.7. The van der Waals surface area contributed by atoms with Gasteiger partial charge in [-0.1, -0.05) is 44.2 Å². The van der Waals surface area contributed by atoms with E-state index in [0.29, 0.717) is 19.5 Å². The van der Waals surface area contributed by atoms with E-state index >= 15 is 0 Å². The third-order valence-corrected chi connectivity index (χ3v) is 4.09. The fraction of sp³-hybridized carbons (Fsp3) is 0.421. The summed E-state index contributed by atoms with van der Waals surface area (Å²) in [6.07, 6.45) is 2.16. The number of carbonyl (C=O) groups is 3. The second-order valence-corrected chi connectivity index (χ2v) is 6.66. The van der Waals surface area contributed by atoms with Crippen molar-refractivity contribution in [2.75, 3.05) is 19.6 Å². The summed E-state index contributed by atoms with van der Waals surface area (Å²) in [6, 6.07) is 8.66. The van der Waals surface area contributed by atoms with Crippen LogP contribution in [0.15, 0.2) is 36.0 Å². The van der Waals surface area contributed by atoms with Gasteiger partial charge in [-0.3, -0.25) is 14.4 Å². The van der Waals surface area contributed by atoms with Crippen LogP contribution in [0.4, 0.5) is 0 Å². The van der Waals surface area contributed by atoms with E-state index in [2.05, 4.69) is 10.6 Å². The molecule has 1 saturated heterocycles. The predicted octanol–water partition coefficient (Wildman–Crippen LogP) is 0.476. The molecule has 1 heterocycles. The van der Waals surface area contributed by atoms with Gasteiger partial charge in [0, 0.05) is 13.1 Å². The van der Waals surface area contributed by atoms with Gasteiger partial charge in [0.1, 0.15) is 11.7 Å². The summed E-state index contributed by atoms with van der Waals surface area (Å²) in [5.41, 5.74) is 6.27. The van der Waals surface area contributed by atoms with Crippen LogP contribution in [0.2, 0.25) is 0 Å². The van der Waals surface area contributed by atoms with Gasteiger partial charge in [-0.15, -0.1) is 0 Å². The summed E-state index contributed by atoms with van der Waals surface area (Å²) >= 11 is 0.